The maximum atomic E-state index is 13.1. The molecule has 1 aromatic carbocycles. The van der Waals surface area contributed by atoms with E-state index in [1.54, 1.807) is 0 Å². The number of nitrogens with two attached hydrogens (primary N) is 1. The molecule has 110 valence electrons. The Hall–Kier alpha value is -1.75. The minimum atomic E-state index is -0.582. The SMILES string of the molecule is CC(C)=C(N)CCNC(=O)COc1ccc(Cl)c(F)c1. The van der Waals surface area contributed by atoms with E-state index in [0.29, 0.717) is 13.0 Å². The molecule has 3 N–H and O–H groups in total. The zero-order chi connectivity index (χ0) is 15.1. The Labute approximate surface area is 122 Å². The Kier molecular flexibility index (Phi) is 6.31. The lowest BCUT2D eigenvalue weighted by Gasteiger charge is -2.08. The molecule has 4 nitrogen and oxygen atoms in total. The predicted octanol–water partition coefficient (Wildman–Crippen LogP) is 2.62. The Morgan fingerprint density at radius 1 is 1.45 bits per heavy atom. The van der Waals surface area contributed by atoms with E-state index >= 15 is 0 Å². The molecule has 0 fully saturated rings. The van der Waals surface area contributed by atoms with Crippen molar-refractivity contribution in [1.82, 2.24) is 5.32 Å². The van der Waals surface area contributed by atoms with Crippen LogP contribution in [0.2, 0.25) is 5.02 Å². The summed E-state index contributed by atoms with van der Waals surface area (Å²) in [6, 6.07) is 4.01. The van der Waals surface area contributed by atoms with Gasteiger partial charge in [0.1, 0.15) is 11.6 Å². The van der Waals surface area contributed by atoms with Crippen molar-refractivity contribution in [3.05, 3.63) is 40.3 Å². The predicted molar refractivity (Wildman–Crippen MR) is 77.1 cm³/mol. The molecule has 1 amide bonds. The molecule has 0 atom stereocenters. The van der Waals surface area contributed by atoms with E-state index in [4.69, 9.17) is 22.1 Å². The summed E-state index contributed by atoms with van der Waals surface area (Å²) >= 11 is 5.54. The zero-order valence-electron chi connectivity index (χ0n) is 11.5. The van der Waals surface area contributed by atoms with Gasteiger partial charge in [-0.2, -0.15) is 0 Å². The standard InChI is InChI=1S/C14H18ClFN2O2/c1-9(2)13(17)5-6-18-14(19)8-20-10-3-4-11(15)12(16)7-10/h3-4,7H,5-6,8,17H2,1-2H3,(H,18,19). The second-order valence-electron chi connectivity index (χ2n) is 4.49. The molecule has 0 aliphatic heterocycles. The second kappa shape index (κ2) is 7.75. The summed E-state index contributed by atoms with van der Waals surface area (Å²) in [5.74, 6) is -0.617. The number of halogens is 2. The number of hydrogen-bond acceptors (Lipinski definition) is 3. The van der Waals surface area contributed by atoms with Crippen LogP contribution in [0, 0.1) is 5.82 Å². The molecule has 0 heterocycles. The van der Waals surface area contributed by atoms with E-state index in [2.05, 4.69) is 5.32 Å². The number of nitrogens with one attached hydrogen (secondary N) is 1. The molecule has 1 aromatic rings. The molecular weight excluding hydrogens is 283 g/mol. The van der Waals surface area contributed by atoms with Crippen LogP contribution in [0.3, 0.4) is 0 Å². The average molecular weight is 301 g/mol. The summed E-state index contributed by atoms with van der Waals surface area (Å²) in [5.41, 5.74) is 7.53. The topological polar surface area (TPSA) is 64.3 Å². The van der Waals surface area contributed by atoms with Gasteiger partial charge in [0.05, 0.1) is 5.02 Å². The van der Waals surface area contributed by atoms with Gasteiger partial charge in [0.2, 0.25) is 0 Å². The number of carbonyl (C=O) groups is 1. The zero-order valence-corrected chi connectivity index (χ0v) is 12.3. The molecule has 0 aliphatic rings. The molecule has 0 aromatic heterocycles. The van der Waals surface area contributed by atoms with Crippen molar-refractivity contribution in [3.63, 3.8) is 0 Å². The van der Waals surface area contributed by atoms with Crippen molar-refractivity contribution >= 4 is 17.5 Å². The first-order valence-corrected chi connectivity index (χ1v) is 6.54. The summed E-state index contributed by atoms with van der Waals surface area (Å²) < 4.78 is 18.3. The summed E-state index contributed by atoms with van der Waals surface area (Å²) in [7, 11) is 0. The van der Waals surface area contributed by atoms with Crippen LogP contribution in [0.15, 0.2) is 29.5 Å². The molecule has 0 radical (unpaired) electrons. The van der Waals surface area contributed by atoms with Crippen molar-refractivity contribution in [1.29, 1.82) is 0 Å². The van der Waals surface area contributed by atoms with Crippen LogP contribution in [0.1, 0.15) is 20.3 Å². The molecule has 0 bridgehead atoms. The Balaban J connectivity index is 2.33. The number of rotatable bonds is 6. The molecular formula is C14H18ClFN2O2. The Bertz CT molecular complexity index is 514. The normalized spacial score (nSPS) is 10.0. The number of ether oxygens (including phenoxy) is 1. The van der Waals surface area contributed by atoms with E-state index in [1.165, 1.54) is 12.1 Å². The third kappa shape index (κ3) is 5.48. The highest BCUT2D eigenvalue weighted by Gasteiger charge is 2.05. The third-order valence-electron chi connectivity index (χ3n) is 2.62. The number of amides is 1. The van der Waals surface area contributed by atoms with Gasteiger partial charge in [-0.1, -0.05) is 17.2 Å². The first-order chi connectivity index (χ1) is 9.40. The minimum absolute atomic E-state index is 0.0130. The first kappa shape index (κ1) is 16.3. The molecule has 0 saturated carbocycles. The van der Waals surface area contributed by atoms with Gasteiger partial charge in [-0.05, 0) is 26.0 Å². The van der Waals surface area contributed by atoms with E-state index in [9.17, 15) is 9.18 Å². The minimum Gasteiger partial charge on any atom is -0.484 e. The summed E-state index contributed by atoms with van der Waals surface area (Å²) in [6.45, 7) is 4.08. The van der Waals surface area contributed by atoms with Crippen molar-refractivity contribution < 1.29 is 13.9 Å². The van der Waals surface area contributed by atoms with Crippen molar-refractivity contribution in [2.45, 2.75) is 20.3 Å². The second-order valence-corrected chi connectivity index (χ2v) is 4.90. The van der Waals surface area contributed by atoms with Gasteiger partial charge in [0.15, 0.2) is 6.61 Å². The van der Waals surface area contributed by atoms with Crippen LogP contribution < -0.4 is 15.8 Å². The van der Waals surface area contributed by atoms with Crippen molar-refractivity contribution in [3.8, 4) is 5.75 Å². The van der Waals surface area contributed by atoms with Gasteiger partial charge in [-0.3, -0.25) is 4.79 Å². The van der Waals surface area contributed by atoms with E-state index < -0.39 is 5.82 Å². The molecule has 0 aliphatic carbocycles. The number of benzene rings is 1. The van der Waals surface area contributed by atoms with Crippen LogP contribution in [0.4, 0.5) is 4.39 Å². The van der Waals surface area contributed by atoms with Crippen LogP contribution in [-0.2, 0) is 4.79 Å². The first-order valence-electron chi connectivity index (χ1n) is 6.16. The highest BCUT2D eigenvalue weighted by atomic mass is 35.5. The van der Waals surface area contributed by atoms with Crippen LogP contribution >= 0.6 is 11.6 Å². The highest BCUT2D eigenvalue weighted by molar-refractivity contribution is 6.30. The average Bonchev–Trinajstić information content (AvgIpc) is 2.40. The van der Waals surface area contributed by atoms with Crippen LogP contribution in [-0.4, -0.2) is 19.1 Å². The van der Waals surface area contributed by atoms with Crippen molar-refractivity contribution in [2.75, 3.05) is 13.2 Å². The molecule has 6 heteroatoms. The van der Waals surface area contributed by atoms with Gasteiger partial charge < -0.3 is 15.8 Å². The largest absolute Gasteiger partial charge is 0.484 e. The lowest BCUT2D eigenvalue weighted by molar-refractivity contribution is -0.123. The fraction of sp³-hybridized carbons (Fsp3) is 0.357. The van der Waals surface area contributed by atoms with E-state index in [0.717, 1.165) is 17.3 Å². The molecule has 0 spiro atoms. The van der Waals surface area contributed by atoms with Gasteiger partial charge >= 0.3 is 0 Å². The van der Waals surface area contributed by atoms with E-state index in [-0.39, 0.29) is 23.3 Å². The molecule has 0 saturated heterocycles. The lowest BCUT2D eigenvalue weighted by atomic mass is 10.2. The van der Waals surface area contributed by atoms with Crippen LogP contribution in [0.5, 0.6) is 5.75 Å². The fourth-order valence-corrected chi connectivity index (χ4v) is 1.47. The molecule has 1 rings (SSSR count). The monoisotopic (exact) mass is 300 g/mol. The number of carbonyl (C=O) groups excluding carboxylic acids is 1. The third-order valence-corrected chi connectivity index (χ3v) is 2.93. The van der Waals surface area contributed by atoms with E-state index in [1.807, 2.05) is 13.8 Å². The smallest absolute Gasteiger partial charge is 0.257 e. The van der Waals surface area contributed by atoms with Gasteiger partial charge in [0, 0.05) is 24.7 Å². The quantitative estimate of drug-likeness (QED) is 0.849. The summed E-state index contributed by atoms with van der Waals surface area (Å²) in [4.78, 5) is 11.5. The van der Waals surface area contributed by atoms with Crippen molar-refractivity contribution in [2.24, 2.45) is 5.73 Å². The highest BCUT2D eigenvalue weighted by Crippen LogP contribution is 2.20. The fourth-order valence-electron chi connectivity index (χ4n) is 1.35. The van der Waals surface area contributed by atoms with Gasteiger partial charge in [-0.15, -0.1) is 0 Å². The lowest BCUT2D eigenvalue weighted by Crippen LogP contribution is -2.30. The molecule has 20 heavy (non-hydrogen) atoms. The van der Waals surface area contributed by atoms with Crippen LogP contribution in [0.25, 0.3) is 0 Å². The van der Waals surface area contributed by atoms with Gasteiger partial charge in [0.25, 0.3) is 5.91 Å². The maximum Gasteiger partial charge on any atom is 0.257 e. The summed E-state index contributed by atoms with van der Waals surface area (Å²) in [5, 5.41) is 2.68. The summed E-state index contributed by atoms with van der Waals surface area (Å²) in [6.07, 6.45) is 0.587. The number of allylic oxidation sites excluding steroid dienone is 1. The maximum absolute atomic E-state index is 13.1. The molecule has 0 unspecified atom stereocenters. The Morgan fingerprint density at radius 3 is 2.75 bits per heavy atom. The van der Waals surface area contributed by atoms with Gasteiger partial charge in [-0.25, -0.2) is 4.39 Å². The number of hydrogen-bond donors (Lipinski definition) is 2. The Morgan fingerprint density at radius 2 is 2.15 bits per heavy atom.